The molecule has 1 amide bonds. The van der Waals surface area contributed by atoms with Crippen molar-refractivity contribution in [2.75, 3.05) is 13.1 Å². The Hall–Kier alpha value is -0.940. The molecule has 1 aliphatic rings. The molecule has 1 fully saturated rings. The third-order valence-electron chi connectivity index (χ3n) is 2.83. The molecule has 3 nitrogen and oxygen atoms in total. The molecule has 1 aromatic carbocycles. The van der Waals surface area contributed by atoms with Gasteiger partial charge in [0.1, 0.15) is 5.82 Å². The van der Waals surface area contributed by atoms with Crippen LogP contribution in [0.15, 0.2) is 22.7 Å². The molecule has 98 valence electrons. The summed E-state index contributed by atoms with van der Waals surface area (Å²) in [6.45, 7) is 1.55. The molecule has 1 aromatic rings. The van der Waals surface area contributed by atoms with Crippen molar-refractivity contribution in [2.45, 2.75) is 25.3 Å². The smallest absolute Gasteiger partial charge is 0.252 e. The summed E-state index contributed by atoms with van der Waals surface area (Å²) in [4.78, 5) is 11.8. The van der Waals surface area contributed by atoms with Crippen LogP contribution in [0.25, 0.3) is 0 Å². The van der Waals surface area contributed by atoms with E-state index in [1.54, 1.807) is 0 Å². The van der Waals surface area contributed by atoms with Crippen LogP contribution in [0, 0.1) is 5.82 Å². The van der Waals surface area contributed by atoms with Crippen LogP contribution in [-0.4, -0.2) is 25.0 Å². The molecule has 0 saturated heterocycles. The number of amides is 1. The fourth-order valence-corrected chi connectivity index (χ4v) is 2.18. The molecule has 0 atom stereocenters. The number of carbonyl (C=O) groups excluding carboxylic acids is 1. The van der Waals surface area contributed by atoms with Crippen molar-refractivity contribution in [3.8, 4) is 0 Å². The first-order chi connectivity index (χ1) is 8.66. The monoisotopic (exact) mass is 314 g/mol. The third-order valence-corrected chi connectivity index (χ3v) is 3.48. The number of hydrogen-bond donors (Lipinski definition) is 2. The van der Waals surface area contributed by atoms with Crippen molar-refractivity contribution in [1.29, 1.82) is 0 Å². The summed E-state index contributed by atoms with van der Waals surface area (Å²) >= 11 is 3.18. The minimum Gasteiger partial charge on any atom is -0.352 e. The first kappa shape index (κ1) is 13.5. The van der Waals surface area contributed by atoms with Crippen LogP contribution in [-0.2, 0) is 0 Å². The van der Waals surface area contributed by atoms with Crippen molar-refractivity contribution in [3.05, 3.63) is 34.1 Å². The lowest BCUT2D eigenvalue weighted by atomic mass is 10.2. The lowest BCUT2D eigenvalue weighted by molar-refractivity contribution is 0.0952. The van der Waals surface area contributed by atoms with E-state index in [4.69, 9.17) is 0 Å². The lowest BCUT2D eigenvalue weighted by Crippen LogP contribution is -2.28. The number of carbonyl (C=O) groups is 1. The van der Waals surface area contributed by atoms with Gasteiger partial charge in [0.05, 0.1) is 5.56 Å². The van der Waals surface area contributed by atoms with Gasteiger partial charge in [-0.3, -0.25) is 4.79 Å². The summed E-state index contributed by atoms with van der Waals surface area (Å²) in [5.74, 6) is -0.527. The summed E-state index contributed by atoms with van der Waals surface area (Å²) in [5.41, 5.74) is 0.464. The number of hydrogen-bond acceptors (Lipinski definition) is 2. The first-order valence-electron chi connectivity index (χ1n) is 6.13. The van der Waals surface area contributed by atoms with Gasteiger partial charge in [0.15, 0.2) is 0 Å². The maximum atomic E-state index is 12.9. The fraction of sp³-hybridized carbons (Fsp3) is 0.462. The molecule has 2 rings (SSSR count). The normalized spacial score (nSPS) is 14.6. The maximum Gasteiger partial charge on any atom is 0.252 e. The number of halogens is 2. The molecule has 18 heavy (non-hydrogen) atoms. The summed E-state index contributed by atoms with van der Waals surface area (Å²) in [6.07, 6.45) is 3.45. The minimum absolute atomic E-state index is 0.173. The van der Waals surface area contributed by atoms with Gasteiger partial charge in [-0.15, -0.1) is 0 Å². The van der Waals surface area contributed by atoms with Crippen molar-refractivity contribution in [1.82, 2.24) is 10.6 Å². The summed E-state index contributed by atoms with van der Waals surface area (Å²) in [7, 11) is 0. The van der Waals surface area contributed by atoms with Gasteiger partial charge in [-0.2, -0.15) is 0 Å². The van der Waals surface area contributed by atoms with E-state index in [9.17, 15) is 9.18 Å². The zero-order valence-corrected chi connectivity index (χ0v) is 11.6. The Morgan fingerprint density at radius 3 is 2.83 bits per heavy atom. The molecule has 0 unspecified atom stereocenters. The van der Waals surface area contributed by atoms with Gasteiger partial charge in [-0.25, -0.2) is 4.39 Å². The highest BCUT2D eigenvalue weighted by Crippen LogP contribution is 2.18. The van der Waals surface area contributed by atoms with E-state index in [-0.39, 0.29) is 11.7 Å². The van der Waals surface area contributed by atoms with E-state index >= 15 is 0 Å². The van der Waals surface area contributed by atoms with Gasteiger partial charge in [0, 0.05) is 17.1 Å². The third kappa shape index (κ3) is 4.07. The molecular weight excluding hydrogens is 299 g/mol. The second-order valence-electron chi connectivity index (χ2n) is 4.46. The van der Waals surface area contributed by atoms with Gasteiger partial charge in [0.25, 0.3) is 5.91 Å². The highest BCUT2D eigenvalue weighted by atomic mass is 79.9. The van der Waals surface area contributed by atoms with E-state index < -0.39 is 0 Å². The second kappa shape index (κ2) is 6.29. The minimum atomic E-state index is -0.355. The fourth-order valence-electron chi connectivity index (χ4n) is 1.65. The van der Waals surface area contributed by atoms with E-state index in [0.717, 1.165) is 13.0 Å². The molecule has 0 bridgehead atoms. The molecule has 0 aromatic heterocycles. The average molecular weight is 315 g/mol. The maximum absolute atomic E-state index is 12.9. The predicted octanol–water partition coefficient (Wildman–Crippen LogP) is 2.46. The Morgan fingerprint density at radius 1 is 1.39 bits per heavy atom. The molecule has 0 radical (unpaired) electrons. The Morgan fingerprint density at radius 2 is 2.17 bits per heavy atom. The first-order valence-corrected chi connectivity index (χ1v) is 6.93. The van der Waals surface area contributed by atoms with Crippen LogP contribution < -0.4 is 10.6 Å². The zero-order chi connectivity index (χ0) is 13.0. The van der Waals surface area contributed by atoms with Crippen LogP contribution in [0.5, 0.6) is 0 Å². The largest absolute Gasteiger partial charge is 0.352 e. The topological polar surface area (TPSA) is 41.1 Å². The van der Waals surface area contributed by atoms with Crippen LogP contribution in [0.2, 0.25) is 0 Å². The molecule has 1 saturated carbocycles. The Labute approximate surface area is 114 Å². The lowest BCUT2D eigenvalue weighted by Gasteiger charge is -2.07. The van der Waals surface area contributed by atoms with E-state index in [1.807, 2.05) is 0 Å². The Balaban J connectivity index is 1.72. The molecular formula is C13H16BrFN2O. The van der Waals surface area contributed by atoms with Crippen LogP contribution in [0.4, 0.5) is 4.39 Å². The van der Waals surface area contributed by atoms with E-state index in [2.05, 4.69) is 26.6 Å². The summed E-state index contributed by atoms with van der Waals surface area (Å²) in [6, 6.07) is 4.77. The average Bonchev–Trinajstić information content (AvgIpc) is 3.12. The van der Waals surface area contributed by atoms with Gasteiger partial charge >= 0.3 is 0 Å². The molecule has 5 heteroatoms. The van der Waals surface area contributed by atoms with E-state index in [1.165, 1.54) is 31.0 Å². The van der Waals surface area contributed by atoms with Crippen molar-refractivity contribution in [2.24, 2.45) is 0 Å². The molecule has 2 N–H and O–H groups in total. The van der Waals surface area contributed by atoms with Crippen LogP contribution >= 0.6 is 15.9 Å². The van der Waals surface area contributed by atoms with Crippen molar-refractivity contribution < 1.29 is 9.18 Å². The van der Waals surface area contributed by atoms with Crippen molar-refractivity contribution >= 4 is 21.8 Å². The standard InChI is InChI=1S/C13H16BrFN2O/c14-12-8-9(15)2-5-11(12)13(18)17-7-1-6-16-10-3-4-10/h2,5,8,10,16H,1,3-4,6-7H2,(H,17,18). The second-order valence-corrected chi connectivity index (χ2v) is 5.32. The van der Waals surface area contributed by atoms with Crippen LogP contribution in [0.1, 0.15) is 29.6 Å². The van der Waals surface area contributed by atoms with Gasteiger partial charge < -0.3 is 10.6 Å². The van der Waals surface area contributed by atoms with Gasteiger partial charge in [-0.1, -0.05) is 0 Å². The van der Waals surface area contributed by atoms with Gasteiger partial charge in [-0.05, 0) is 59.9 Å². The molecule has 0 aliphatic heterocycles. The van der Waals surface area contributed by atoms with E-state index in [0.29, 0.717) is 22.6 Å². The summed E-state index contributed by atoms with van der Waals surface area (Å²) < 4.78 is 13.4. The predicted molar refractivity (Wildman–Crippen MR) is 72.1 cm³/mol. The summed E-state index contributed by atoms with van der Waals surface area (Å²) in [5, 5.41) is 6.20. The number of rotatable bonds is 6. The SMILES string of the molecule is O=C(NCCCNC1CC1)c1ccc(F)cc1Br. The van der Waals surface area contributed by atoms with Crippen LogP contribution in [0.3, 0.4) is 0 Å². The number of benzene rings is 1. The van der Waals surface area contributed by atoms with Crippen molar-refractivity contribution in [3.63, 3.8) is 0 Å². The molecule has 0 spiro atoms. The quantitative estimate of drug-likeness (QED) is 0.792. The Kier molecular flexibility index (Phi) is 4.72. The Bertz CT molecular complexity index is 435. The number of nitrogens with one attached hydrogen (secondary N) is 2. The zero-order valence-electron chi connectivity index (χ0n) is 10.0. The highest BCUT2D eigenvalue weighted by Gasteiger charge is 2.19. The van der Waals surface area contributed by atoms with Gasteiger partial charge in [0.2, 0.25) is 0 Å². The molecule has 0 heterocycles. The molecule has 1 aliphatic carbocycles. The highest BCUT2D eigenvalue weighted by molar-refractivity contribution is 9.10.